The fourth-order valence-corrected chi connectivity index (χ4v) is 20.2. The number of β-amino-alcohol motifs (C(OH)–C–C–N with tert-alkyl or cyclic N) is 1. The second kappa shape index (κ2) is 46.6. The van der Waals surface area contributed by atoms with Crippen LogP contribution in [0.25, 0.3) is 42.7 Å². The highest BCUT2D eigenvalue weighted by Crippen LogP contribution is 2.45. The van der Waals surface area contributed by atoms with Gasteiger partial charge >= 0.3 is 5.97 Å². The van der Waals surface area contributed by atoms with Gasteiger partial charge in [0, 0.05) is 97.7 Å². The van der Waals surface area contributed by atoms with Crippen molar-refractivity contribution in [3.8, 4) is 32.4 Å². The van der Waals surface area contributed by atoms with Gasteiger partial charge in [0.15, 0.2) is 5.78 Å². The Hall–Kier alpha value is -9.98. The number of nitrogen functional groups attached to an aromatic ring is 1. The van der Waals surface area contributed by atoms with E-state index >= 15 is 0 Å². The molecule has 0 bridgehead atoms. The number of carbonyl (C=O) groups excluding carboxylic acids is 5. The Labute approximate surface area is 783 Å². The summed E-state index contributed by atoms with van der Waals surface area (Å²) >= 11 is 15.8. The number of aliphatic hydroxyl groups is 2. The minimum Gasteiger partial charge on any atom is -0.490 e. The Balaban J connectivity index is 0.000000201. The third-order valence-corrected chi connectivity index (χ3v) is 28.2. The lowest BCUT2D eigenvalue weighted by Gasteiger charge is -2.35. The number of ether oxygens (including phenoxy) is 4. The number of Topliss-reactive ketones (excluding diaryl/α,β-unsaturated/α-hetero) is 1. The zero-order chi connectivity index (χ0) is 93.8. The summed E-state index contributed by atoms with van der Waals surface area (Å²) in [6.45, 7) is 22.9. The Morgan fingerprint density at radius 1 is 0.542 bits per heavy atom. The Morgan fingerprint density at radius 3 is 1.50 bits per heavy atom. The molecular weight excluding hydrogens is 1750 g/mol. The van der Waals surface area contributed by atoms with E-state index in [0.29, 0.717) is 97.4 Å². The number of hydrogen-bond acceptors (Lipinski definition) is 21. The standard InChI is InChI=1S/C51H61ClFN5O6S.C32H42ClN5O5S.C18H20FNO2/c1-30(33-10-12-34(13-11-33)39-18-19-54-44-17-14-36(53)24-40(39)44)49(61)58-37-15-16-43(52)45(25-37)64-23-22-63-21-20-55-48(51(3,4)5)46(60)41-26-38(59)27-42(41)50(62)56-28-32-6-8-35(9-7-32)47-31(2)57-29-65-47;1-20-28(44-19-37-20)22-7-5-21(6-8-22)17-36-30(40)26-16-24(39)18-38(26)31(41)29(32(2,3)4)35-11-12-42-13-14-43-27-15-23(34)9-10-25(27)33;1-11(18(21)22)12-2-4-13(5-3-12)15-8-9-20-17-7-6-14(19)10-16(15)17/h6-9,14-19,24-25,29-30,33-34,38,41-42,48,55,59H,10-13,20-23,26-28H2,1-5H3,(H,56,62)(H,58,61);5-10,15,19,24,26,29,35,39H,11-14,16-18,34H2,1-4H3,(H,36,40);6-13H,2-5H2,1H3,(H,21,22)/t30-,33?,34?,38+,41?,42?,48-;24-,26+,29-;11-,12?,13?/m111/s1. The van der Waals surface area contributed by atoms with Gasteiger partial charge in [-0.3, -0.25) is 38.7 Å². The van der Waals surface area contributed by atoms with Crippen LogP contribution in [0.1, 0.15) is 171 Å². The van der Waals surface area contributed by atoms with Crippen LogP contribution in [-0.4, -0.2) is 165 Å². The molecule has 5 heterocycles. The Bertz CT molecular complexity index is 5530. The Kier molecular flexibility index (Phi) is 35.6. The summed E-state index contributed by atoms with van der Waals surface area (Å²) in [6.07, 6.45) is 10.1. The highest BCUT2D eigenvalue weighted by molar-refractivity contribution is 7.13. The maximum atomic E-state index is 14.1. The molecular formula is C101H123Cl2F2N11O13S2. The molecule has 14 rings (SSSR count). The summed E-state index contributed by atoms with van der Waals surface area (Å²) < 4.78 is 50.8. The fourth-order valence-electron chi connectivity index (χ4n) is 18.3. The van der Waals surface area contributed by atoms with Gasteiger partial charge in [-0.05, 0) is 219 Å². The van der Waals surface area contributed by atoms with E-state index in [1.54, 1.807) is 103 Å². The van der Waals surface area contributed by atoms with Crippen molar-refractivity contribution in [2.24, 2.45) is 46.3 Å². The molecule has 10 aromatic rings. The molecule has 131 heavy (non-hydrogen) atoms. The number of aromatic nitrogens is 4. The maximum Gasteiger partial charge on any atom is 0.306 e. The number of nitrogens with zero attached hydrogens (tertiary/aromatic N) is 5. The van der Waals surface area contributed by atoms with E-state index in [2.05, 4.69) is 46.5 Å². The van der Waals surface area contributed by atoms with E-state index in [4.69, 9.17) is 53.0 Å². The quantitative estimate of drug-likeness (QED) is 0.0134. The molecule has 1 saturated heterocycles. The fraction of sp³-hybridized carbons (Fsp3) is 0.465. The number of benzene rings is 6. The van der Waals surface area contributed by atoms with Gasteiger partial charge in [-0.2, -0.15) is 0 Å². The smallest absolute Gasteiger partial charge is 0.306 e. The van der Waals surface area contributed by atoms with Crippen LogP contribution >= 0.6 is 45.9 Å². The van der Waals surface area contributed by atoms with Crippen molar-refractivity contribution in [3.05, 3.63) is 212 Å². The van der Waals surface area contributed by atoms with Crippen LogP contribution in [0.5, 0.6) is 11.5 Å². The molecule has 6 aromatic carbocycles. The van der Waals surface area contributed by atoms with Crippen LogP contribution in [0.3, 0.4) is 0 Å². The number of pyridine rings is 2. The molecule has 3 aliphatic carbocycles. The number of fused-ring (bicyclic) bond motifs is 2. The van der Waals surface area contributed by atoms with E-state index in [0.717, 1.165) is 128 Å². The molecule has 3 saturated carbocycles. The first-order valence-corrected chi connectivity index (χ1v) is 47.8. The molecule has 4 amide bonds. The normalized spacial score (nSPS) is 20.2. The molecule has 0 radical (unpaired) electrons. The van der Waals surface area contributed by atoms with Crippen LogP contribution < -0.4 is 41.8 Å². The predicted octanol–water partition coefficient (Wildman–Crippen LogP) is 18.1. The maximum absolute atomic E-state index is 14.1. The van der Waals surface area contributed by atoms with Gasteiger partial charge in [0.2, 0.25) is 23.6 Å². The minimum absolute atomic E-state index is 0.0656. The number of ketones is 1. The number of nitrogens with one attached hydrogen (secondary N) is 5. The van der Waals surface area contributed by atoms with E-state index < -0.39 is 59.0 Å². The first-order chi connectivity index (χ1) is 62.6. The van der Waals surface area contributed by atoms with Crippen molar-refractivity contribution in [2.75, 3.05) is 70.3 Å². The zero-order valence-electron chi connectivity index (χ0n) is 76.1. The number of anilines is 2. The van der Waals surface area contributed by atoms with Gasteiger partial charge in [0.1, 0.15) is 42.4 Å². The van der Waals surface area contributed by atoms with E-state index in [1.165, 1.54) is 17.0 Å². The lowest BCUT2D eigenvalue weighted by molar-refractivity contribution is -0.143. The molecule has 30 heteroatoms. The van der Waals surface area contributed by atoms with Crippen LogP contribution in [0.15, 0.2) is 157 Å². The third kappa shape index (κ3) is 27.2. The molecule has 9 atom stereocenters. The van der Waals surface area contributed by atoms with Gasteiger partial charge < -0.3 is 71.5 Å². The van der Waals surface area contributed by atoms with Crippen LogP contribution in [0, 0.1) is 71.8 Å². The highest BCUT2D eigenvalue weighted by atomic mass is 35.5. The van der Waals surface area contributed by atoms with Crippen molar-refractivity contribution < 1.29 is 71.8 Å². The first kappa shape index (κ1) is 100. The number of thiazole rings is 2. The van der Waals surface area contributed by atoms with Crippen molar-refractivity contribution in [1.29, 1.82) is 0 Å². The Morgan fingerprint density at radius 2 is 1.02 bits per heavy atom. The summed E-state index contributed by atoms with van der Waals surface area (Å²) in [5.41, 5.74) is 19.6. The molecule has 10 N–H and O–H groups in total. The summed E-state index contributed by atoms with van der Waals surface area (Å²) in [4.78, 5) is 100. The summed E-state index contributed by atoms with van der Waals surface area (Å²) in [5.74, 6) is -1.78. The summed E-state index contributed by atoms with van der Waals surface area (Å²) in [6, 6.07) is 37.7. The predicted molar refractivity (Wildman–Crippen MR) is 511 cm³/mol. The number of aliphatic carboxylic acids is 1. The molecule has 4 aromatic heterocycles. The van der Waals surface area contributed by atoms with E-state index in [-0.39, 0.29) is 104 Å². The van der Waals surface area contributed by atoms with Crippen molar-refractivity contribution in [2.45, 2.75) is 195 Å². The minimum atomic E-state index is -0.769. The van der Waals surface area contributed by atoms with E-state index in [9.17, 15) is 47.8 Å². The third-order valence-electron chi connectivity index (χ3n) is 25.7. The number of rotatable bonds is 34. The van der Waals surface area contributed by atoms with Crippen LogP contribution in [0.2, 0.25) is 10.0 Å². The monoisotopic (exact) mass is 1870 g/mol. The number of likely N-dealkylation sites (tertiary alicyclic amines) is 1. The topological polar surface area (TPSA) is 341 Å². The number of carboxylic acids is 1. The molecule has 2 unspecified atom stereocenters. The molecule has 4 aliphatic rings. The number of amides is 4. The van der Waals surface area contributed by atoms with Gasteiger partial charge in [-0.15, -0.1) is 22.7 Å². The SMILES string of the molecule is C[C@@H](C(=O)O)C1CCC(c2ccnc3ccc(F)cc23)CC1.Cc1ncsc1-c1ccc(CNC(=O)C2C[C@@H](O)CC2C(=O)[C@@H](NCCOCCOc2cc(NC(=O)[C@H](C)C3CCC(c4ccnc5ccc(F)cc45)CC3)ccc2Cl)C(C)(C)C)cc1.Cc1ncsc1-c1ccc(CNC(=O)[C@@H]2C[C@@H](O)CN2C(=O)[C@@H](NCCOCCOc2cc(N)ccc2Cl)C(C)(C)C)cc1. The van der Waals surface area contributed by atoms with Crippen molar-refractivity contribution in [3.63, 3.8) is 0 Å². The second-order valence-corrected chi connectivity index (χ2v) is 39.5. The zero-order valence-corrected chi connectivity index (χ0v) is 79.3. The number of aliphatic hydroxyl groups excluding tert-OH is 2. The molecule has 1 aliphatic heterocycles. The van der Waals surface area contributed by atoms with Crippen molar-refractivity contribution in [1.82, 2.24) is 46.1 Å². The van der Waals surface area contributed by atoms with Gasteiger partial charge in [-0.25, -0.2) is 18.7 Å². The summed E-state index contributed by atoms with van der Waals surface area (Å²) in [7, 11) is 0. The number of carbonyl (C=O) groups is 6. The number of hydrogen-bond donors (Lipinski definition) is 9. The highest BCUT2D eigenvalue weighted by Gasteiger charge is 2.47. The lowest BCUT2D eigenvalue weighted by atomic mass is 9.73. The average molecular weight is 1870 g/mol. The second-order valence-electron chi connectivity index (χ2n) is 37.0. The van der Waals surface area contributed by atoms with E-state index in [1.807, 2.05) is 134 Å². The van der Waals surface area contributed by atoms with Crippen LogP contribution in [-0.2, 0) is 51.3 Å². The largest absolute Gasteiger partial charge is 0.490 e. The number of nitrogens with two attached hydrogens (primary N) is 1. The number of carboxylic acid groups (broad SMARTS) is 1. The first-order valence-electron chi connectivity index (χ1n) is 45.2. The molecule has 4 fully saturated rings. The molecule has 0 spiro atoms. The van der Waals surface area contributed by atoms with Crippen molar-refractivity contribution >= 4 is 114 Å². The average Bonchev–Trinajstić information content (AvgIpc) is 1.78. The summed E-state index contributed by atoms with van der Waals surface area (Å²) in [5, 5.41) is 48.6. The number of halogens is 4. The van der Waals surface area contributed by atoms with Gasteiger partial charge in [-0.1, -0.05) is 127 Å². The molecule has 700 valence electrons. The van der Waals surface area contributed by atoms with Crippen LogP contribution in [0.4, 0.5) is 20.2 Å². The number of aryl methyl sites for hydroxylation is 2. The molecule has 24 nitrogen and oxygen atoms in total. The van der Waals surface area contributed by atoms with Gasteiger partial charge in [0.05, 0.1) is 116 Å². The lowest BCUT2D eigenvalue weighted by Crippen LogP contribution is -2.57. The van der Waals surface area contributed by atoms with Gasteiger partial charge in [0.25, 0.3) is 0 Å².